The molecule has 0 aliphatic carbocycles. The highest BCUT2D eigenvalue weighted by Gasteiger charge is 2.13. The van der Waals surface area contributed by atoms with Gasteiger partial charge in [0, 0.05) is 16.9 Å². The maximum Gasteiger partial charge on any atom is 0.127 e. The monoisotopic (exact) mass is 309 g/mol. The van der Waals surface area contributed by atoms with E-state index in [9.17, 15) is 4.39 Å². The Balaban J connectivity index is 2.21. The molecule has 18 heavy (non-hydrogen) atoms. The Morgan fingerprint density at radius 3 is 2.83 bits per heavy atom. The molecule has 94 valence electrons. The second-order valence-electron chi connectivity index (χ2n) is 3.95. The van der Waals surface area contributed by atoms with Crippen LogP contribution in [0.3, 0.4) is 0 Å². The van der Waals surface area contributed by atoms with Crippen LogP contribution >= 0.6 is 15.9 Å². The summed E-state index contributed by atoms with van der Waals surface area (Å²) >= 11 is 3.23. The van der Waals surface area contributed by atoms with E-state index in [1.807, 2.05) is 18.2 Å². The van der Waals surface area contributed by atoms with Crippen LogP contribution in [0.1, 0.15) is 17.2 Å². The van der Waals surface area contributed by atoms with Crippen LogP contribution in [0, 0.1) is 5.82 Å². The summed E-state index contributed by atoms with van der Waals surface area (Å²) in [4.78, 5) is 4.03. The predicted molar refractivity (Wildman–Crippen MR) is 72.1 cm³/mol. The van der Waals surface area contributed by atoms with Crippen molar-refractivity contribution in [1.82, 2.24) is 10.4 Å². The maximum absolute atomic E-state index is 13.7. The molecule has 0 radical (unpaired) electrons. The summed E-state index contributed by atoms with van der Waals surface area (Å²) in [6.45, 7) is 0. The Morgan fingerprint density at radius 2 is 2.22 bits per heavy atom. The Kier molecular flexibility index (Phi) is 4.41. The van der Waals surface area contributed by atoms with E-state index in [1.165, 1.54) is 6.07 Å². The van der Waals surface area contributed by atoms with Crippen LogP contribution in [0.4, 0.5) is 4.39 Å². The highest BCUT2D eigenvalue weighted by Crippen LogP contribution is 2.21. The Morgan fingerprint density at radius 1 is 1.39 bits per heavy atom. The zero-order valence-electron chi connectivity index (χ0n) is 9.61. The number of hydrogen-bond acceptors (Lipinski definition) is 3. The van der Waals surface area contributed by atoms with Gasteiger partial charge in [0.15, 0.2) is 0 Å². The fourth-order valence-electron chi connectivity index (χ4n) is 1.76. The first kappa shape index (κ1) is 13.1. The summed E-state index contributed by atoms with van der Waals surface area (Å²) in [7, 11) is 0. The van der Waals surface area contributed by atoms with Crippen molar-refractivity contribution in [3.05, 3.63) is 64.1 Å². The van der Waals surface area contributed by atoms with Gasteiger partial charge in [0.05, 0.1) is 6.04 Å². The third kappa shape index (κ3) is 3.13. The summed E-state index contributed by atoms with van der Waals surface area (Å²) < 4.78 is 14.5. The molecule has 0 bridgehead atoms. The van der Waals surface area contributed by atoms with Crippen LogP contribution in [0.25, 0.3) is 0 Å². The van der Waals surface area contributed by atoms with Crippen LogP contribution in [-0.2, 0) is 6.42 Å². The number of nitrogens with one attached hydrogen (secondary N) is 1. The van der Waals surface area contributed by atoms with Gasteiger partial charge < -0.3 is 0 Å². The SMILES string of the molecule is NNC(Cc1ccc(Br)cc1F)c1cccnc1. The average Bonchev–Trinajstić information content (AvgIpc) is 2.39. The minimum atomic E-state index is -0.242. The van der Waals surface area contributed by atoms with Crippen molar-refractivity contribution in [2.45, 2.75) is 12.5 Å². The second-order valence-corrected chi connectivity index (χ2v) is 4.86. The molecule has 2 aromatic rings. The van der Waals surface area contributed by atoms with Gasteiger partial charge in [-0.1, -0.05) is 28.1 Å². The van der Waals surface area contributed by atoms with Gasteiger partial charge >= 0.3 is 0 Å². The van der Waals surface area contributed by atoms with Crippen molar-refractivity contribution in [3.8, 4) is 0 Å². The number of benzene rings is 1. The van der Waals surface area contributed by atoms with Crippen LogP contribution in [-0.4, -0.2) is 4.98 Å². The first-order valence-electron chi connectivity index (χ1n) is 5.50. The smallest absolute Gasteiger partial charge is 0.127 e. The third-order valence-corrected chi connectivity index (χ3v) is 3.22. The van der Waals surface area contributed by atoms with Crippen molar-refractivity contribution in [2.24, 2.45) is 5.84 Å². The Labute approximate surface area is 113 Å². The van der Waals surface area contributed by atoms with Gasteiger partial charge in [0.1, 0.15) is 5.82 Å². The zero-order valence-corrected chi connectivity index (χ0v) is 11.2. The maximum atomic E-state index is 13.7. The van der Waals surface area contributed by atoms with Crippen LogP contribution < -0.4 is 11.3 Å². The first-order valence-corrected chi connectivity index (χ1v) is 6.30. The van der Waals surface area contributed by atoms with E-state index >= 15 is 0 Å². The highest BCUT2D eigenvalue weighted by molar-refractivity contribution is 9.10. The molecule has 0 aliphatic heterocycles. The highest BCUT2D eigenvalue weighted by atomic mass is 79.9. The minimum Gasteiger partial charge on any atom is -0.271 e. The van der Waals surface area contributed by atoms with Crippen molar-refractivity contribution >= 4 is 15.9 Å². The Hall–Kier alpha value is -1.30. The molecule has 0 spiro atoms. The lowest BCUT2D eigenvalue weighted by molar-refractivity contribution is 0.527. The lowest BCUT2D eigenvalue weighted by atomic mass is 10.0. The molecule has 1 heterocycles. The number of pyridine rings is 1. The molecule has 1 aromatic carbocycles. The van der Waals surface area contributed by atoms with Crippen molar-refractivity contribution in [2.75, 3.05) is 0 Å². The molecule has 0 amide bonds. The van der Waals surface area contributed by atoms with Crippen LogP contribution in [0.5, 0.6) is 0 Å². The lowest BCUT2D eigenvalue weighted by Crippen LogP contribution is -2.29. The molecule has 5 heteroatoms. The average molecular weight is 310 g/mol. The van der Waals surface area contributed by atoms with E-state index in [2.05, 4.69) is 26.3 Å². The predicted octanol–water partition coefficient (Wildman–Crippen LogP) is 2.73. The molecule has 0 aliphatic rings. The quantitative estimate of drug-likeness (QED) is 0.674. The Bertz CT molecular complexity index is 519. The van der Waals surface area contributed by atoms with E-state index in [0.717, 1.165) is 10.0 Å². The summed E-state index contributed by atoms with van der Waals surface area (Å²) in [5.74, 6) is 5.28. The lowest BCUT2D eigenvalue weighted by Gasteiger charge is -2.16. The largest absolute Gasteiger partial charge is 0.271 e. The summed E-state index contributed by atoms with van der Waals surface area (Å²) in [5.41, 5.74) is 4.24. The van der Waals surface area contributed by atoms with Gasteiger partial charge in [0.25, 0.3) is 0 Å². The molecule has 0 saturated heterocycles. The molecule has 0 fully saturated rings. The summed E-state index contributed by atoms with van der Waals surface area (Å²) in [5, 5.41) is 0. The van der Waals surface area contributed by atoms with E-state index in [0.29, 0.717) is 12.0 Å². The summed E-state index contributed by atoms with van der Waals surface area (Å²) in [6.07, 6.45) is 3.89. The molecule has 3 N–H and O–H groups in total. The zero-order chi connectivity index (χ0) is 13.0. The normalized spacial score (nSPS) is 12.4. The first-order chi connectivity index (χ1) is 8.70. The number of nitrogens with zero attached hydrogens (tertiary/aromatic N) is 1. The number of aromatic nitrogens is 1. The molecule has 0 saturated carbocycles. The van der Waals surface area contributed by atoms with E-state index in [1.54, 1.807) is 18.5 Å². The van der Waals surface area contributed by atoms with Crippen LogP contribution in [0.2, 0.25) is 0 Å². The number of nitrogens with two attached hydrogens (primary N) is 1. The van der Waals surface area contributed by atoms with Gasteiger partial charge in [-0.15, -0.1) is 0 Å². The number of hydrogen-bond donors (Lipinski definition) is 2. The van der Waals surface area contributed by atoms with Crippen molar-refractivity contribution in [1.29, 1.82) is 0 Å². The van der Waals surface area contributed by atoms with E-state index < -0.39 is 0 Å². The molecule has 1 unspecified atom stereocenters. The van der Waals surface area contributed by atoms with Crippen LogP contribution in [0.15, 0.2) is 47.2 Å². The molecule has 1 aromatic heterocycles. The molecule has 3 nitrogen and oxygen atoms in total. The third-order valence-electron chi connectivity index (χ3n) is 2.73. The number of rotatable bonds is 4. The van der Waals surface area contributed by atoms with Gasteiger partial charge in [-0.05, 0) is 35.7 Å². The molecule has 1 atom stereocenters. The van der Waals surface area contributed by atoms with Gasteiger partial charge in [0.2, 0.25) is 0 Å². The second kappa shape index (κ2) is 6.04. The molecular formula is C13H13BrFN3. The number of halogens is 2. The fourth-order valence-corrected chi connectivity index (χ4v) is 2.10. The number of hydrazine groups is 1. The minimum absolute atomic E-state index is 0.158. The topological polar surface area (TPSA) is 50.9 Å². The van der Waals surface area contributed by atoms with Gasteiger partial charge in [-0.25, -0.2) is 4.39 Å². The van der Waals surface area contributed by atoms with Gasteiger partial charge in [-0.3, -0.25) is 16.3 Å². The van der Waals surface area contributed by atoms with Gasteiger partial charge in [-0.2, -0.15) is 0 Å². The van der Waals surface area contributed by atoms with Crippen molar-refractivity contribution < 1.29 is 4.39 Å². The molecular weight excluding hydrogens is 297 g/mol. The standard InChI is InChI=1S/C13H13BrFN3/c14-11-4-3-9(12(15)7-11)6-13(18-16)10-2-1-5-17-8-10/h1-5,7-8,13,18H,6,16H2. The van der Waals surface area contributed by atoms with Crippen molar-refractivity contribution in [3.63, 3.8) is 0 Å². The summed E-state index contributed by atoms with van der Waals surface area (Å²) in [6, 6.07) is 8.60. The van der Waals surface area contributed by atoms with E-state index in [-0.39, 0.29) is 11.9 Å². The fraction of sp³-hybridized carbons (Fsp3) is 0.154. The molecule has 2 rings (SSSR count). The van der Waals surface area contributed by atoms with E-state index in [4.69, 9.17) is 5.84 Å².